The molecule has 0 aliphatic carbocycles. The Morgan fingerprint density at radius 1 is 1.39 bits per heavy atom. The number of hydrogen-bond acceptors (Lipinski definition) is 4. The van der Waals surface area contributed by atoms with Gasteiger partial charge in [0.05, 0.1) is 24.2 Å². The molecule has 5 nitrogen and oxygen atoms in total. The zero-order chi connectivity index (χ0) is 16.2. The zero-order valence-electron chi connectivity index (χ0n) is 14.0. The highest BCUT2D eigenvalue weighted by Gasteiger charge is 2.20. The van der Waals surface area contributed by atoms with Crippen LogP contribution in [0.1, 0.15) is 25.5 Å². The van der Waals surface area contributed by atoms with Gasteiger partial charge in [0, 0.05) is 18.5 Å². The quantitative estimate of drug-likeness (QED) is 0.795. The van der Waals surface area contributed by atoms with Crippen LogP contribution in [-0.4, -0.2) is 47.4 Å². The van der Waals surface area contributed by atoms with Gasteiger partial charge in [-0.25, -0.2) is 0 Å². The van der Waals surface area contributed by atoms with Gasteiger partial charge in [-0.1, -0.05) is 18.2 Å². The number of esters is 1. The Kier molecular flexibility index (Phi) is 4.96. The van der Waals surface area contributed by atoms with Crippen LogP contribution in [0.15, 0.2) is 24.3 Å². The molecular formula is C18H25N3O2. The normalized spacial score (nSPS) is 19.1. The number of carbonyl (C=O) groups is 1. The van der Waals surface area contributed by atoms with Gasteiger partial charge in [-0.2, -0.15) is 5.10 Å². The van der Waals surface area contributed by atoms with Crippen molar-refractivity contribution in [3.8, 4) is 0 Å². The van der Waals surface area contributed by atoms with E-state index in [1.807, 2.05) is 25.1 Å². The van der Waals surface area contributed by atoms with E-state index in [0.717, 1.165) is 29.7 Å². The van der Waals surface area contributed by atoms with E-state index < -0.39 is 0 Å². The van der Waals surface area contributed by atoms with Crippen LogP contribution in [0, 0.1) is 5.92 Å². The van der Waals surface area contributed by atoms with Crippen molar-refractivity contribution in [2.45, 2.75) is 32.7 Å². The minimum absolute atomic E-state index is 0.208. The zero-order valence-corrected chi connectivity index (χ0v) is 14.0. The molecule has 1 fully saturated rings. The summed E-state index contributed by atoms with van der Waals surface area (Å²) in [4.78, 5) is 14.2. The Balaban J connectivity index is 1.84. The number of nitrogens with zero attached hydrogens (tertiary/aromatic N) is 3. The molecule has 0 bridgehead atoms. The van der Waals surface area contributed by atoms with Crippen molar-refractivity contribution in [1.82, 2.24) is 14.7 Å². The Labute approximate surface area is 137 Å². The summed E-state index contributed by atoms with van der Waals surface area (Å²) in [5, 5.41) is 5.79. The van der Waals surface area contributed by atoms with E-state index in [0.29, 0.717) is 12.5 Å². The number of fused-ring (bicyclic) bond motifs is 1. The maximum atomic E-state index is 11.8. The number of likely N-dealkylation sites (tertiary alicyclic amines) is 1. The summed E-state index contributed by atoms with van der Waals surface area (Å²) in [7, 11) is 2.18. The van der Waals surface area contributed by atoms with Crippen molar-refractivity contribution in [3.05, 3.63) is 30.0 Å². The molecule has 5 heteroatoms. The molecule has 23 heavy (non-hydrogen) atoms. The Bertz CT molecular complexity index is 680. The molecule has 1 aliphatic heterocycles. The number of benzene rings is 1. The minimum atomic E-state index is -0.208. The van der Waals surface area contributed by atoms with Gasteiger partial charge in [-0.3, -0.25) is 9.48 Å². The highest BCUT2D eigenvalue weighted by molar-refractivity contribution is 5.86. The second-order valence-electron chi connectivity index (χ2n) is 6.40. The van der Waals surface area contributed by atoms with Gasteiger partial charge in [0.25, 0.3) is 0 Å². The lowest BCUT2D eigenvalue weighted by molar-refractivity contribution is -0.142. The van der Waals surface area contributed by atoms with Crippen LogP contribution in [0.25, 0.3) is 10.9 Å². The predicted octanol–water partition coefficient (Wildman–Crippen LogP) is 2.48. The summed E-state index contributed by atoms with van der Waals surface area (Å²) in [5.74, 6) is 0.410. The van der Waals surface area contributed by atoms with Crippen LogP contribution in [0.2, 0.25) is 0 Å². The van der Waals surface area contributed by atoms with Crippen molar-refractivity contribution < 1.29 is 9.53 Å². The molecular weight excluding hydrogens is 290 g/mol. The molecule has 1 aromatic heterocycles. The highest BCUT2D eigenvalue weighted by atomic mass is 16.5. The van der Waals surface area contributed by atoms with Crippen LogP contribution in [0.5, 0.6) is 0 Å². The van der Waals surface area contributed by atoms with Crippen LogP contribution in [0.3, 0.4) is 0 Å². The van der Waals surface area contributed by atoms with Gasteiger partial charge in [-0.05, 0) is 45.3 Å². The standard InChI is InChI=1S/C18H25N3O2/c1-3-23-18(22)11-16-15-8-4-5-9-17(15)21(19-16)13-14-7-6-10-20(2)12-14/h4-5,8-9,14H,3,6-7,10-13H2,1-2H3/t14-/m0/s1. The Morgan fingerprint density at radius 3 is 3.00 bits per heavy atom. The number of piperidine rings is 1. The van der Waals surface area contributed by atoms with Gasteiger partial charge >= 0.3 is 5.97 Å². The van der Waals surface area contributed by atoms with E-state index in [4.69, 9.17) is 9.84 Å². The molecule has 124 valence electrons. The molecule has 0 saturated carbocycles. The lowest BCUT2D eigenvalue weighted by Crippen LogP contribution is -2.34. The maximum Gasteiger partial charge on any atom is 0.311 e. The van der Waals surface area contributed by atoms with Crippen molar-refractivity contribution in [2.75, 3.05) is 26.7 Å². The first-order chi connectivity index (χ1) is 11.2. The van der Waals surface area contributed by atoms with E-state index in [9.17, 15) is 4.79 Å². The number of para-hydroxylation sites is 1. The van der Waals surface area contributed by atoms with Gasteiger partial charge in [0.2, 0.25) is 0 Å². The molecule has 2 heterocycles. The molecule has 0 amide bonds. The molecule has 0 spiro atoms. The monoisotopic (exact) mass is 315 g/mol. The number of rotatable bonds is 5. The first-order valence-electron chi connectivity index (χ1n) is 8.46. The first kappa shape index (κ1) is 16.0. The fourth-order valence-electron chi connectivity index (χ4n) is 3.48. The molecule has 0 N–H and O–H groups in total. The Hall–Kier alpha value is -1.88. The Morgan fingerprint density at radius 2 is 2.22 bits per heavy atom. The fraction of sp³-hybridized carbons (Fsp3) is 0.556. The average Bonchev–Trinajstić information content (AvgIpc) is 2.86. The topological polar surface area (TPSA) is 47.4 Å². The smallest absolute Gasteiger partial charge is 0.311 e. The number of hydrogen-bond donors (Lipinski definition) is 0. The lowest BCUT2D eigenvalue weighted by Gasteiger charge is -2.29. The molecule has 1 aliphatic rings. The van der Waals surface area contributed by atoms with Crippen LogP contribution in [0.4, 0.5) is 0 Å². The van der Waals surface area contributed by atoms with Crippen LogP contribution in [-0.2, 0) is 22.5 Å². The summed E-state index contributed by atoms with van der Waals surface area (Å²) in [6.45, 7) is 5.44. The van der Waals surface area contributed by atoms with Gasteiger partial charge in [-0.15, -0.1) is 0 Å². The van der Waals surface area contributed by atoms with Gasteiger partial charge < -0.3 is 9.64 Å². The molecule has 1 aromatic carbocycles. The molecule has 1 atom stereocenters. The maximum absolute atomic E-state index is 11.8. The summed E-state index contributed by atoms with van der Waals surface area (Å²) in [6.07, 6.45) is 2.73. The van der Waals surface area contributed by atoms with Gasteiger partial charge in [0.15, 0.2) is 0 Å². The van der Waals surface area contributed by atoms with Crippen molar-refractivity contribution in [1.29, 1.82) is 0 Å². The van der Waals surface area contributed by atoms with E-state index in [1.165, 1.54) is 19.4 Å². The van der Waals surface area contributed by atoms with E-state index in [-0.39, 0.29) is 12.4 Å². The number of ether oxygens (including phenoxy) is 1. The van der Waals surface area contributed by atoms with E-state index in [2.05, 4.69) is 22.7 Å². The van der Waals surface area contributed by atoms with Crippen molar-refractivity contribution in [3.63, 3.8) is 0 Å². The summed E-state index contributed by atoms with van der Waals surface area (Å²) in [5.41, 5.74) is 1.93. The second-order valence-corrected chi connectivity index (χ2v) is 6.40. The van der Waals surface area contributed by atoms with E-state index in [1.54, 1.807) is 0 Å². The largest absolute Gasteiger partial charge is 0.466 e. The number of carbonyl (C=O) groups excluding carboxylic acids is 1. The summed E-state index contributed by atoms with van der Waals surface area (Å²) < 4.78 is 7.15. The average molecular weight is 315 g/mol. The molecule has 0 radical (unpaired) electrons. The van der Waals surface area contributed by atoms with Crippen molar-refractivity contribution >= 4 is 16.9 Å². The predicted molar refractivity (Wildman–Crippen MR) is 90.3 cm³/mol. The highest BCUT2D eigenvalue weighted by Crippen LogP contribution is 2.23. The first-order valence-corrected chi connectivity index (χ1v) is 8.46. The second kappa shape index (κ2) is 7.13. The summed E-state index contributed by atoms with van der Waals surface area (Å²) in [6, 6.07) is 8.16. The third-order valence-electron chi connectivity index (χ3n) is 4.50. The van der Waals surface area contributed by atoms with E-state index >= 15 is 0 Å². The SMILES string of the molecule is CCOC(=O)Cc1nn(C[C@H]2CCCN(C)C2)c2ccccc12. The summed E-state index contributed by atoms with van der Waals surface area (Å²) >= 11 is 0. The van der Waals surface area contributed by atoms with Gasteiger partial charge in [0.1, 0.15) is 0 Å². The van der Waals surface area contributed by atoms with Crippen LogP contribution >= 0.6 is 0 Å². The molecule has 2 aromatic rings. The number of aromatic nitrogens is 2. The fourth-order valence-corrected chi connectivity index (χ4v) is 3.48. The molecule has 1 saturated heterocycles. The van der Waals surface area contributed by atoms with Crippen LogP contribution < -0.4 is 0 Å². The minimum Gasteiger partial charge on any atom is -0.466 e. The molecule has 3 rings (SSSR count). The third-order valence-corrected chi connectivity index (χ3v) is 4.50. The third kappa shape index (κ3) is 3.72. The lowest BCUT2D eigenvalue weighted by atomic mass is 9.98. The van der Waals surface area contributed by atoms with Crippen molar-refractivity contribution in [2.24, 2.45) is 5.92 Å². The molecule has 0 unspecified atom stereocenters.